The minimum Gasteiger partial charge on any atom is -0.463 e. The molecule has 0 spiro atoms. The average Bonchev–Trinajstić information content (AvgIpc) is 3.05. The van der Waals surface area contributed by atoms with Crippen LogP contribution in [0.15, 0.2) is 39.9 Å². The lowest BCUT2D eigenvalue weighted by Gasteiger charge is -2.29. The fourth-order valence-electron chi connectivity index (χ4n) is 2.54. The van der Waals surface area contributed by atoms with E-state index in [-0.39, 0.29) is 12.4 Å². The number of thioether (sulfide) groups is 1. The summed E-state index contributed by atoms with van der Waals surface area (Å²) in [4.78, 5) is 24.9. The molecular weight excluding hydrogens is 410 g/mol. The van der Waals surface area contributed by atoms with Crippen LogP contribution in [-0.2, 0) is 9.53 Å². The van der Waals surface area contributed by atoms with Crippen molar-refractivity contribution in [2.45, 2.75) is 17.3 Å². The molecule has 2 aromatic rings. The van der Waals surface area contributed by atoms with Crippen LogP contribution in [0, 0.1) is 0 Å². The summed E-state index contributed by atoms with van der Waals surface area (Å²) in [6.07, 6.45) is 0. The average molecular weight is 426 g/mol. The first kappa shape index (κ1) is 19.5. The maximum atomic E-state index is 12.7. The van der Waals surface area contributed by atoms with Crippen molar-refractivity contribution in [2.75, 3.05) is 18.1 Å². The molecule has 142 valence electrons. The standard InChI is InChI=1S/C16H16ClN5O3S2/c1-2-25-13(23)11-10(7-26-16-22-21-14(18)27-16)19-15(24)20-12(11)8-5-3-4-6-9(8)17/h3-6,12H,2,7H2,1H3,(H2,18,21)(H2,19,20,24). The lowest BCUT2D eigenvalue weighted by Crippen LogP contribution is -2.46. The molecule has 0 fully saturated rings. The Kier molecular flexibility index (Phi) is 6.19. The van der Waals surface area contributed by atoms with E-state index in [0.29, 0.717) is 31.3 Å². The SMILES string of the molecule is CCOC(=O)C1=C(CSc2nnc(N)s2)NC(=O)NC1c1ccccc1Cl. The van der Waals surface area contributed by atoms with Crippen molar-refractivity contribution >= 4 is 51.8 Å². The number of nitrogens with two attached hydrogens (primary N) is 1. The van der Waals surface area contributed by atoms with Gasteiger partial charge in [0.05, 0.1) is 18.2 Å². The summed E-state index contributed by atoms with van der Waals surface area (Å²) < 4.78 is 5.84. The van der Waals surface area contributed by atoms with Crippen LogP contribution >= 0.6 is 34.7 Å². The molecular formula is C16H16ClN5O3S2. The highest BCUT2D eigenvalue weighted by molar-refractivity contribution is 8.01. The lowest BCUT2D eigenvalue weighted by molar-refractivity contribution is -0.139. The van der Waals surface area contributed by atoms with E-state index in [2.05, 4.69) is 20.8 Å². The number of carbonyl (C=O) groups is 2. The van der Waals surface area contributed by atoms with Gasteiger partial charge in [-0.15, -0.1) is 10.2 Å². The van der Waals surface area contributed by atoms with E-state index in [1.54, 1.807) is 31.2 Å². The number of urea groups is 1. The predicted molar refractivity (Wildman–Crippen MR) is 105 cm³/mol. The van der Waals surface area contributed by atoms with Gasteiger partial charge in [0.25, 0.3) is 0 Å². The number of halogens is 1. The third kappa shape index (κ3) is 4.52. The molecule has 0 saturated carbocycles. The van der Waals surface area contributed by atoms with Gasteiger partial charge < -0.3 is 21.1 Å². The molecule has 3 rings (SSSR count). The number of esters is 1. The second kappa shape index (κ2) is 8.59. The number of rotatable bonds is 6. The van der Waals surface area contributed by atoms with Gasteiger partial charge in [-0.05, 0) is 18.6 Å². The highest BCUT2D eigenvalue weighted by Crippen LogP contribution is 2.34. The van der Waals surface area contributed by atoms with Gasteiger partial charge in [0, 0.05) is 16.5 Å². The highest BCUT2D eigenvalue weighted by atomic mass is 35.5. The molecule has 11 heteroatoms. The van der Waals surface area contributed by atoms with Crippen LogP contribution in [0.2, 0.25) is 5.02 Å². The van der Waals surface area contributed by atoms with Gasteiger partial charge in [-0.2, -0.15) is 0 Å². The first-order valence-corrected chi connectivity index (χ1v) is 10.1. The van der Waals surface area contributed by atoms with E-state index in [1.165, 1.54) is 23.1 Å². The molecule has 8 nitrogen and oxygen atoms in total. The molecule has 2 heterocycles. The number of nitrogens with zero attached hydrogens (tertiary/aromatic N) is 2. The van der Waals surface area contributed by atoms with Crippen molar-refractivity contribution in [2.24, 2.45) is 0 Å². The number of nitrogens with one attached hydrogen (secondary N) is 2. The van der Waals surface area contributed by atoms with Gasteiger partial charge in [0.15, 0.2) is 4.34 Å². The molecule has 4 N–H and O–H groups in total. The van der Waals surface area contributed by atoms with Crippen LogP contribution in [0.25, 0.3) is 0 Å². The highest BCUT2D eigenvalue weighted by Gasteiger charge is 2.34. The van der Waals surface area contributed by atoms with Crippen molar-refractivity contribution in [3.8, 4) is 0 Å². The van der Waals surface area contributed by atoms with Gasteiger partial charge in [0.2, 0.25) is 5.13 Å². The number of ether oxygens (including phenoxy) is 1. The minimum atomic E-state index is -0.721. The van der Waals surface area contributed by atoms with Crippen LogP contribution in [0.4, 0.5) is 9.93 Å². The molecule has 1 aromatic carbocycles. The Hall–Kier alpha value is -2.30. The molecule has 1 unspecified atom stereocenters. The maximum Gasteiger partial charge on any atom is 0.338 e. The van der Waals surface area contributed by atoms with E-state index in [0.717, 1.165) is 0 Å². The number of benzene rings is 1. The Labute approximate surface area is 168 Å². The van der Waals surface area contributed by atoms with E-state index >= 15 is 0 Å². The number of anilines is 1. The molecule has 1 aromatic heterocycles. The van der Waals surface area contributed by atoms with Crippen LogP contribution in [0.1, 0.15) is 18.5 Å². The Balaban J connectivity index is 1.99. The van der Waals surface area contributed by atoms with E-state index in [4.69, 9.17) is 22.1 Å². The molecule has 1 aliphatic heterocycles. The van der Waals surface area contributed by atoms with Crippen molar-refractivity contribution in [3.63, 3.8) is 0 Å². The summed E-state index contributed by atoms with van der Waals surface area (Å²) in [5.41, 5.74) is 6.93. The van der Waals surface area contributed by atoms with Gasteiger partial charge in [-0.3, -0.25) is 0 Å². The van der Waals surface area contributed by atoms with Gasteiger partial charge in [0.1, 0.15) is 0 Å². The number of amides is 2. The third-order valence-electron chi connectivity index (χ3n) is 3.63. The van der Waals surface area contributed by atoms with E-state index < -0.39 is 18.0 Å². The third-order valence-corrected chi connectivity index (χ3v) is 5.88. The van der Waals surface area contributed by atoms with E-state index in [1.807, 2.05) is 0 Å². The van der Waals surface area contributed by atoms with Crippen molar-refractivity contribution < 1.29 is 14.3 Å². The summed E-state index contributed by atoms with van der Waals surface area (Å²) in [5.74, 6) is -0.237. The van der Waals surface area contributed by atoms with Crippen molar-refractivity contribution in [1.29, 1.82) is 0 Å². The molecule has 0 aliphatic carbocycles. The molecule has 1 atom stereocenters. The smallest absolute Gasteiger partial charge is 0.338 e. The lowest BCUT2D eigenvalue weighted by atomic mass is 9.95. The van der Waals surface area contributed by atoms with Crippen molar-refractivity contribution in [3.05, 3.63) is 46.1 Å². The van der Waals surface area contributed by atoms with Crippen LogP contribution in [-0.4, -0.2) is 34.6 Å². The Morgan fingerprint density at radius 1 is 1.41 bits per heavy atom. The number of carbonyl (C=O) groups excluding carboxylic acids is 2. The summed E-state index contributed by atoms with van der Waals surface area (Å²) in [6, 6.07) is 5.87. The number of aromatic nitrogens is 2. The maximum absolute atomic E-state index is 12.7. The first-order chi connectivity index (χ1) is 13.0. The zero-order valence-corrected chi connectivity index (χ0v) is 16.6. The summed E-state index contributed by atoms with van der Waals surface area (Å²) in [7, 11) is 0. The Bertz CT molecular complexity index is 902. The van der Waals surface area contributed by atoms with Crippen LogP contribution < -0.4 is 16.4 Å². The largest absolute Gasteiger partial charge is 0.463 e. The van der Waals surface area contributed by atoms with Crippen LogP contribution in [0.3, 0.4) is 0 Å². The number of nitrogen functional groups attached to an aromatic ring is 1. The summed E-state index contributed by atoms with van der Waals surface area (Å²) in [6.45, 7) is 1.93. The van der Waals surface area contributed by atoms with Crippen molar-refractivity contribution in [1.82, 2.24) is 20.8 Å². The normalized spacial score (nSPS) is 16.7. The molecule has 0 saturated heterocycles. The summed E-state index contributed by atoms with van der Waals surface area (Å²) >= 11 is 8.83. The van der Waals surface area contributed by atoms with Crippen LogP contribution in [0.5, 0.6) is 0 Å². The molecule has 0 bridgehead atoms. The molecule has 2 amide bonds. The monoisotopic (exact) mass is 425 g/mol. The second-order valence-electron chi connectivity index (χ2n) is 5.36. The van der Waals surface area contributed by atoms with Gasteiger partial charge >= 0.3 is 12.0 Å². The summed E-state index contributed by atoms with van der Waals surface area (Å²) in [5, 5.41) is 13.9. The molecule has 1 aliphatic rings. The Morgan fingerprint density at radius 2 is 2.19 bits per heavy atom. The number of hydrogen-bond acceptors (Lipinski definition) is 8. The zero-order chi connectivity index (χ0) is 19.4. The first-order valence-electron chi connectivity index (χ1n) is 7.93. The van der Waals surface area contributed by atoms with E-state index in [9.17, 15) is 9.59 Å². The number of hydrogen-bond donors (Lipinski definition) is 3. The quantitative estimate of drug-likeness (QED) is 0.480. The fraction of sp³-hybridized carbons (Fsp3) is 0.250. The second-order valence-corrected chi connectivity index (χ2v) is 8.00. The molecule has 27 heavy (non-hydrogen) atoms. The van der Waals surface area contributed by atoms with Gasteiger partial charge in [-0.25, -0.2) is 9.59 Å². The fourth-order valence-corrected chi connectivity index (χ4v) is 4.39. The Morgan fingerprint density at radius 3 is 2.85 bits per heavy atom. The predicted octanol–water partition coefficient (Wildman–Crippen LogP) is 2.74. The minimum absolute atomic E-state index is 0.207. The van der Waals surface area contributed by atoms with Gasteiger partial charge in [-0.1, -0.05) is 52.9 Å². The zero-order valence-electron chi connectivity index (χ0n) is 14.2. The molecule has 0 radical (unpaired) electrons. The topological polar surface area (TPSA) is 119 Å².